The molecule has 0 aliphatic carbocycles. The molecule has 2 aromatic heterocycles. The highest BCUT2D eigenvalue weighted by Crippen LogP contribution is 2.25. The standard InChI is InChI=1S/C24H26N6O3/c1-15-26-20-21(23(31)28-27-22(20)25-12-13-29(2)3)30(15)14-16-8-10-17(11-9-16)18-6-4-5-7-19(18)24(32)33/h4-11H,12-14H2,1-3H3,(H,25,27)(H,28,31)(H,32,33). The van der Waals surface area contributed by atoms with Crippen LogP contribution in [-0.2, 0) is 6.54 Å². The number of aromatic carboxylic acids is 1. The van der Waals surface area contributed by atoms with E-state index in [4.69, 9.17) is 0 Å². The third-order valence-corrected chi connectivity index (χ3v) is 5.48. The molecule has 2 heterocycles. The lowest BCUT2D eigenvalue weighted by atomic mass is 9.99. The second-order valence-corrected chi connectivity index (χ2v) is 8.12. The number of carboxylic acid groups (broad SMARTS) is 1. The van der Waals surface area contributed by atoms with Crippen LogP contribution >= 0.6 is 0 Å². The predicted octanol–water partition coefficient (Wildman–Crippen LogP) is 2.82. The number of aromatic nitrogens is 4. The number of imidazole rings is 1. The lowest BCUT2D eigenvalue weighted by molar-refractivity contribution is 0.0697. The topological polar surface area (TPSA) is 116 Å². The van der Waals surface area contributed by atoms with E-state index in [9.17, 15) is 14.7 Å². The van der Waals surface area contributed by atoms with Gasteiger partial charge in [0.2, 0.25) is 0 Å². The van der Waals surface area contributed by atoms with Crippen molar-refractivity contribution < 1.29 is 9.90 Å². The summed E-state index contributed by atoms with van der Waals surface area (Å²) in [6.45, 7) is 3.81. The maximum absolute atomic E-state index is 12.6. The van der Waals surface area contributed by atoms with E-state index in [-0.39, 0.29) is 11.1 Å². The summed E-state index contributed by atoms with van der Waals surface area (Å²) in [5.74, 6) is 0.298. The summed E-state index contributed by atoms with van der Waals surface area (Å²) in [4.78, 5) is 30.8. The lowest BCUT2D eigenvalue weighted by Gasteiger charge is -2.11. The van der Waals surface area contributed by atoms with Crippen LogP contribution in [0.25, 0.3) is 22.2 Å². The summed E-state index contributed by atoms with van der Waals surface area (Å²) in [5.41, 5.74) is 3.42. The van der Waals surface area contributed by atoms with E-state index >= 15 is 0 Å². The Hall–Kier alpha value is -3.98. The summed E-state index contributed by atoms with van der Waals surface area (Å²) in [6.07, 6.45) is 0. The summed E-state index contributed by atoms with van der Waals surface area (Å²) >= 11 is 0. The van der Waals surface area contributed by atoms with Crippen molar-refractivity contribution in [2.45, 2.75) is 13.5 Å². The van der Waals surface area contributed by atoms with Gasteiger partial charge in [-0.2, -0.15) is 5.10 Å². The van der Waals surface area contributed by atoms with E-state index in [0.29, 0.717) is 41.3 Å². The number of carboxylic acids is 1. The van der Waals surface area contributed by atoms with Gasteiger partial charge in [0.25, 0.3) is 5.56 Å². The van der Waals surface area contributed by atoms with Gasteiger partial charge in [-0.25, -0.2) is 14.9 Å². The van der Waals surface area contributed by atoms with Gasteiger partial charge >= 0.3 is 5.97 Å². The van der Waals surface area contributed by atoms with Gasteiger partial charge in [0, 0.05) is 19.6 Å². The molecule has 0 radical (unpaired) electrons. The molecule has 33 heavy (non-hydrogen) atoms. The minimum absolute atomic E-state index is 0.259. The molecule has 0 fully saturated rings. The molecule has 0 aliphatic rings. The molecule has 0 spiro atoms. The summed E-state index contributed by atoms with van der Waals surface area (Å²) in [6, 6.07) is 14.6. The molecule has 0 saturated carbocycles. The fourth-order valence-corrected chi connectivity index (χ4v) is 3.78. The fourth-order valence-electron chi connectivity index (χ4n) is 3.78. The summed E-state index contributed by atoms with van der Waals surface area (Å²) < 4.78 is 1.87. The Morgan fingerprint density at radius 1 is 1.15 bits per heavy atom. The normalized spacial score (nSPS) is 11.3. The molecule has 9 heteroatoms. The highest BCUT2D eigenvalue weighted by atomic mass is 16.4. The van der Waals surface area contributed by atoms with Gasteiger partial charge in [0.05, 0.1) is 5.56 Å². The zero-order valence-electron chi connectivity index (χ0n) is 18.8. The van der Waals surface area contributed by atoms with E-state index in [0.717, 1.165) is 17.7 Å². The minimum atomic E-state index is -0.960. The van der Waals surface area contributed by atoms with Crippen LogP contribution in [0.1, 0.15) is 21.7 Å². The molecule has 4 rings (SSSR count). The number of fused-ring (bicyclic) bond motifs is 1. The third-order valence-electron chi connectivity index (χ3n) is 5.48. The zero-order chi connectivity index (χ0) is 23.5. The Bertz CT molecular complexity index is 1360. The van der Waals surface area contributed by atoms with Crippen molar-refractivity contribution >= 4 is 22.8 Å². The van der Waals surface area contributed by atoms with Crippen molar-refractivity contribution in [2.75, 3.05) is 32.5 Å². The smallest absolute Gasteiger partial charge is 0.336 e. The van der Waals surface area contributed by atoms with Gasteiger partial charge in [0.1, 0.15) is 16.9 Å². The molecule has 2 aromatic carbocycles. The molecule has 0 atom stereocenters. The van der Waals surface area contributed by atoms with E-state index in [1.54, 1.807) is 18.2 Å². The van der Waals surface area contributed by atoms with E-state index in [1.165, 1.54) is 0 Å². The molecule has 3 N–H and O–H groups in total. The highest BCUT2D eigenvalue weighted by Gasteiger charge is 2.17. The summed E-state index contributed by atoms with van der Waals surface area (Å²) in [7, 11) is 3.98. The number of aryl methyl sites for hydroxylation is 1. The molecule has 0 saturated heterocycles. The molecule has 170 valence electrons. The maximum atomic E-state index is 12.6. The van der Waals surface area contributed by atoms with Gasteiger partial charge in [-0.15, -0.1) is 0 Å². The zero-order valence-corrected chi connectivity index (χ0v) is 18.8. The van der Waals surface area contributed by atoms with Gasteiger partial charge in [-0.05, 0) is 43.8 Å². The quantitative estimate of drug-likeness (QED) is 0.381. The fraction of sp³-hybridized carbons (Fsp3) is 0.250. The number of likely N-dealkylation sites (N-methyl/N-ethyl adjacent to an activating group) is 1. The van der Waals surface area contributed by atoms with Crippen molar-refractivity contribution in [3.05, 3.63) is 75.8 Å². The number of aromatic amines is 1. The molecule has 0 aliphatic heterocycles. The number of anilines is 1. The molecule has 9 nitrogen and oxygen atoms in total. The van der Waals surface area contributed by atoms with Crippen LogP contribution in [0.5, 0.6) is 0 Å². The molecule has 0 unspecified atom stereocenters. The number of rotatable bonds is 8. The number of hydrogen-bond donors (Lipinski definition) is 3. The monoisotopic (exact) mass is 446 g/mol. The Morgan fingerprint density at radius 2 is 1.88 bits per heavy atom. The number of carbonyl (C=O) groups is 1. The van der Waals surface area contributed by atoms with E-state index in [1.807, 2.05) is 55.9 Å². The first-order valence-corrected chi connectivity index (χ1v) is 10.6. The van der Waals surface area contributed by atoms with Gasteiger partial charge in [0.15, 0.2) is 5.82 Å². The average Bonchev–Trinajstić information content (AvgIpc) is 3.12. The minimum Gasteiger partial charge on any atom is -0.478 e. The Morgan fingerprint density at radius 3 is 2.58 bits per heavy atom. The first kappa shape index (κ1) is 22.2. The summed E-state index contributed by atoms with van der Waals surface area (Å²) in [5, 5.41) is 19.4. The Balaban J connectivity index is 1.64. The predicted molar refractivity (Wildman–Crippen MR) is 128 cm³/mol. The lowest BCUT2D eigenvalue weighted by Crippen LogP contribution is -2.22. The van der Waals surface area contributed by atoms with Crippen molar-refractivity contribution in [2.24, 2.45) is 0 Å². The maximum Gasteiger partial charge on any atom is 0.336 e. The van der Waals surface area contributed by atoms with Crippen LogP contribution in [0, 0.1) is 6.92 Å². The van der Waals surface area contributed by atoms with E-state index < -0.39 is 5.97 Å². The largest absolute Gasteiger partial charge is 0.478 e. The van der Waals surface area contributed by atoms with Crippen molar-refractivity contribution in [3.63, 3.8) is 0 Å². The Labute approximate surface area is 190 Å². The molecule has 0 amide bonds. The first-order chi connectivity index (χ1) is 15.8. The SMILES string of the molecule is Cc1nc2c(NCCN(C)C)n[nH]c(=O)c2n1Cc1ccc(-c2ccccc2C(=O)O)cc1. The number of nitrogens with one attached hydrogen (secondary N) is 2. The van der Waals surface area contributed by atoms with Crippen molar-refractivity contribution in [3.8, 4) is 11.1 Å². The second-order valence-electron chi connectivity index (χ2n) is 8.12. The number of H-pyrrole nitrogens is 1. The highest BCUT2D eigenvalue weighted by molar-refractivity contribution is 5.96. The second kappa shape index (κ2) is 9.25. The third kappa shape index (κ3) is 4.63. The van der Waals surface area contributed by atoms with Crippen LogP contribution in [-0.4, -0.2) is 62.9 Å². The number of benzene rings is 2. The first-order valence-electron chi connectivity index (χ1n) is 10.6. The van der Waals surface area contributed by atoms with Crippen LogP contribution in [0.2, 0.25) is 0 Å². The van der Waals surface area contributed by atoms with Gasteiger partial charge < -0.3 is 19.9 Å². The van der Waals surface area contributed by atoms with Crippen molar-refractivity contribution in [1.29, 1.82) is 0 Å². The van der Waals surface area contributed by atoms with Crippen LogP contribution in [0.3, 0.4) is 0 Å². The average molecular weight is 447 g/mol. The Kier molecular flexibility index (Phi) is 6.23. The van der Waals surface area contributed by atoms with Crippen molar-refractivity contribution in [1.82, 2.24) is 24.6 Å². The molecular weight excluding hydrogens is 420 g/mol. The molecular formula is C24H26N6O3. The molecule has 4 aromatic rings. The van der Waals surface area contributed by atoms with Gasteiger partial charge in [-0.1, -0.05) is 42.5 Å². The van der Waals surface area contributed by atoms with Crippen LogP contribution in [0.15, 0.2) is 53.3 Å². The van der Waals surface area contributed by atoms with Gasteiger partial charge in [-0.3, -0.25) is 4.79 Å². The molecule has 0 bridgehead atoms. The number of nitrogens with zero attached hydrogens (tertiary/aromatic N) is 4. The number of hydrogen-bond acceptors (Lipinski definition) is 6. The van der Waals surface area contributed by atoms with Crippen LogP contribution < -0.4 is 10.9 Å². The van der Waals surface area contributed by atoms with Crippen LogP contribution in [0.4, 0.5) is 5.82 Å². The van der Waals surface area contributed by atoms with E-state index in [2.05, 4.69) is 25.4 Å².